The smallest absolute Gasteiger partial charge is 0.244 e. The Morgan fingerprint density at radius 3 is 2.32 bits per heavy atom. The van der Waals surface area contributed by atoms with E-state index in [9.17, 15) is 8.42 Å². The number of ether oxygens (including phenoxy) is 2. The van der Waals surface area contributed by atoms with Crippen molar-refractivity contribution < 1.29 is 17.9 Å². The van der Waals surface area contributed by atoms with Gasteiger partial charge in [-0.1, -0.05) is 17.7 Å². The zero-order valence-corrected chi connectivity index (χ0v) is 20.7. The first-order valence-electron chi connectivity index (χ1n) is 11.1. The van der Waals surface area contributed by atoms with Gasteiger partial charge < -0.3 is 20.1 Å². The highest BCUT2D eigenvalue weighted by Crippen LogP contribution is 2.28. The normalized spacial score (nSPS) is 11.2. The largest absolute Gasteiger partial charge is 0.494 e. The lowest BCUT2D eigenvalue weighted by Gasteiger charge is -2.14. The highest BCUT2D eigenvalue weighted by Gasteiger charge is 2.20. The van der Waals surface area contributed by atoms with Crippen molar-refractivity contribution in [1.82, 2.24) is 14.7 Å². The minimum atomic E-state index is -3.78. The SMILES string of the molecule is CCOc1ccc(S(=O)(=O)NCCNc2nc(C)cc(Nc3ccc(C)cc3)n2)c(OCC)c1. The van der Waals surface area contributed by atoms with E-state index in [1.165, 1.54) is 11.6 Å². The van der Waals surface area contributed by atoms with Gasteiger partial charge in [-0.05, 0) is 52.0 Å². The second kappa shape index (κ2) is 11.7. The van der Waals surface area contributed by atoms with Crippen LogP contribution < -0.4 is 24.8 Å². The van der Waals surface area contributed by atoms with Gasteiger partial charge in [-0.25, -0.2) is 18.1 Å². The van der Waals surface area contributed by atoms with E-state index in [1.54, 1.807) is 19.1 Å². The topological polar surface area (TPSA) is 114 Å². The highest BCUT2D eigenvalue weighted by atomic mass is 32.2. The van der Waals surface area contributed by atoms with Crippen molar-refractivity contribution in [3.63, 3.8) is 0 Å². The number of rotatable bonds is 12. The molecule has 182 valence electrons. The minimum Gasteiger partial charge on any atom is -0.494 e. The molecule has 3 aromatic rings. The Kier molecular flexibility index (Phi) is 8.67. The van der Waals surface area contributed by atoms with Crippen molar-refractivity contribution >= 4 is 27.5 Å². The van der Waals surface area contributed by atoms with Crippen LogP contribution >= 0.6 is 0 Å². The third-order valence-electron chi connectivity index (χ3n) is 4.69. The molecule has 0 fully saturated rings. The van der Waals surface area contributed by atoms with Crippen LogP contribution in [0.2, 0.25) is 0 Å². The van der Waals surface area contributed by atoms with E-state index >= 15 is 0 Å². The van der Waals surface area contributed by atoms with E-state index in [4.69, 9.17) is 9.47 Å². The van der Waals surface area contributed by atoms with Gasteiger partial charge in [0.25, 0.3) is 0 Å². The van der Waals surface area contributed by atoms with Gasteiger partial charge >= 0.3 is 0 Å². The number of sulfonamides is 1. The molecule has 0 atom stereocenters. The van der Waals surface area contributed by atoms with E-state index in [1.807, 2.05) is 51.1 Å². The predicted octanol–water partition coefficient (Wildman–Crippen LogP) is 4.02. The maximum Gasteiger partial charge on any atom is 0.244 e. The zero-order chi connectivity index (χ0) is 24.6. The predicted molar refractivity (Wildman–Crippen MR) is 134 cm³/mol. The average molecular weight is 486 g/mol. The summed E-state index contributed by atoms with van der Waals surface area (Å²) in [5.41, 5.74) is 2.87. The summed E-state index contributed by atoms with van der Waals surface area (Å²) in [6.07, 6.45) is 0. The summed E-state index contributed by atoms with van der Waals surface area (Å²) in [6, 6.07) is 14.5. The lowest BCUT2D eigenvalue weighted by atomic mass is 10.2. The summed E-state index contributed by atoms with van der Waals surface area (Å²) in [6.45, 7) is 8.81. The van der Waals surface area contributed by atoms with Crippen LogP contribution in [0.25, 0.3) is 0 Å². The van der Waals surface area contributed by atoms with Crippen LogP contribution in [0.15, 0.2) is 53.4 Å². The molecule has 9 nitrogen and oxygen atoms in total. The second-order valence-corrected chi connectivity index (χ2v) is 9.24. The van der Waals surface area contributed by atoms with Gasteiger partial charge in [0.1, 0.15) is 22.2 Å². The van der Waals surface area contributed by atoms with Crippen molar-refractivity contribution in [2.45, 2.75) is 32.6 Å². The van der Waals surface area contributed by atoms with E-state index < -0.39 is 10.0 Å². The molecule has 3 N–H and O–H groups in total. The third-order valence-corrected chi connectivity index (χ3v) is 6.19. The van der Waals surface area contributed by atoms with Gasteiger partial charge in [0, 0.05) is 36.6 Å². The first kappa shape index (κ1) is 25.3. The maximum absolute atomic E-state index is 12.8. The van der Waals surface area contributed by atoms with Crippen LogP contribution in [0.3, 0.4) is 0 Å². The van der Waals surface area contributed by atoms with Crippen LogP contribution in [-0.4, -0.2) is 44.7 Å². The maximum atomic E-state index is 12.8. The van der Waals surface area contributed by atoms with E-state index in [0.717, 1.165) is 11.4 Å². The summed E-state index contributed by atoms with van der Waals surface area (Å²) in [5, 5.41) is 6.32. The summed E-state index contributed by atoms with van der Waals surface area (Å²) < 4.78 is 39.2. The molecule has 0 radical (unpaired) electrons. The molecule has 0 saturated heterocycles. The van der Waals surface area contributed by atoms with Gasteiger partial charge in [-0.3, -0.25) is 0 Å². The van der Waals surface area contributed by atoms with Gasteiger partial charge in [0.15, 0.2) is 0 Å². The third kappa shape index (κ3) is 7.06. The minimum absolute atomic E-state index is 0.0641. The van der Waals surface area contributed by atoms with E-state index in [0.29, 0.717) is 37.3 Å². The Morgan fingerprint density at radius 1 is 0.882 bits per heavy atom. The Balaban J connectivity index is 1.61. The Hall–Kier alpha value is -3.37. The number of benzene rings is 2. The number of nitrogens with one attached hydrogen (secondary N) is 3. The fraction of sp³-hybridized carbons (Fsp3) is 0.333. The number of anilines is 3. The van der Waals surface area contributed by atoms with Crippen LogP contribution in [0.5, 0.6) is 11.5 Å². The summed E-state index contributed by atoms with van der Waals surface area (Å²) in [7, 11) is -3.78. The summed E-state index contributed by atoms with van der Waals surface area (Å²) in [4.78, 5) is 8.90. The number of nitrogens with zero attached hydrogens (tertiary/aromatic N) is 2. The summed E-state index contributed by atoms with van der Waals surface area (Å²) in [5.74, 6) is 1.86. The molecule has 0 amide bonds. The van der Waals surface area contributed by atoms with Gasteiger partial charge in [-0.2, -0.15) is 4.98 Å². The zero-order valence-electron chi connectivity index (χ0n) is 19.9. The molecule has 0 aliphatic rings. The highest BCUT2D eigenvalue weighted by molar-refractivity contribution is 7.89. The molecule has 0 spiro atoms. The van der Waals surface area contributed by atoms with Crippen LogP contribution in [0, 0.1) is 13.8 Å². The van der Waals surface area contributed by atoms with Gasteiger partial charge in [0.05, 0.1) is 13.2 Å². The Bertz CT molecular complexity index is 1200. The van der Waals surface area contributed by atoms with E-state index in [2.05, 4.69) is 25.3 Å². The molecule has 34 heavy (non-hydrogen) atoms. The van der Waals surface area contributed by atoms with Crippen LogP contribution in [0.1, 0.15) is 25.1 Å². The number of aromatic nitrogens is 2. The number of hydrogen-bond acceptors (Lipinski definition) is 8. The van der Waals surface area contributed by atoms with Crippen molar-refractivity contribution in [3.8, 4) is 11.5 Å². The quantitative estimate of drug-likeness (QED) is 0.330. The standard InChI is InChI=1S/C24H31N5O4S/c1-5-32-20-11-12-22(21(16-20)33-6-2)34(30,31)26-14-13-25-24-27-18(4)15-23(29-24)28-19-9-7-17(3)8-10-19/h7-12,15-16,26H,5-6,13-14H2,1-4H3,(H2,25,27,28,29). The van der Waals surface area contributed by atoms with Gasteiger partial charge in [-0.15, -0.1) is 0 Å². The van der Waals surface area contributed by atoms with Gasteiger partial charge in [0.2, 0.25) is 16.0 Å². The van der Waals surface area contributed by atoms with Crippen molar-refractivity contribution in [3.05, 3.63) is 59.8 Å². The first-order chi connectivity index (χ1) is 16.3. The lowest BCUT2D eigenvalue weighted by molar-refractivity contribution is 0.317. The number of aryl methyl sites for hydroxylation is 2. The molecule has 0 saturated carbocycles. The van der Waals surface area contributed by atoms with E-state index in [-0.39, 0.29) is 17.2 Å². The molecule has 0 bridgehead atoms. The monoisotopic (exact) mass is 485 g/mol. The Labute approximate surface area is 201 Å². The molecule has 3 rings (SSSR count). The Morgan fingerprint density at radius 2 is 1.62 bits per heavy atom. The lowest BCUT2D eigenvalue weighted by Crippen LogP contribution is -2.29. The average Bonchev–Trinajstić information content (AvgIpc) is 2.78. The molecule has 10 heteroatoms. The number of hydrogen-bond donors (Lipinski definition) is 3. The molecular weight excluding hydrogens is 454 g/mol. The molecule has 2 aromatic carbocycles. The van der Waals surface area contributed by atoms with Crippen molar-refractivity contribution in [2.24, 2.45) is 0 Å². The van der Waals surface area contributed by atoms with Crippen LogP contribution in [0.4, 0.5) is 17.5 Å². The second-order valence-electron chi connectivity index (χ2n) is 7.51. The van der Waals surface area contributed by atoms with Crippen LogP contribution in [-0.2, 0) is 10.0 Å². The fourth-order valence-corrected chi connectivity index (χ4v) is 4.33. The van der Waals surface area contributed by atoms with Crippen molar-refractivity contribution in [1.29, 1.82) is 0 Å². The molecule has 0 unspecified atom stereocenters. The molecule has 0 aliphatic heterocycles. The fourth-order valence-electron chi connectivity index (χ4n) is 3.17. The molecule has 0 aliphatic carbocycles. The summed E-state index contributed by atoms with van der Waals surface area (Å²) >= 11 is 0. The first-order valence-corrected chi connectivity index (χ1v) is 12.6. The molecule has 1 heterocycles. The molecule has 1 aromatic heterocycles. The molecular formula is C24H31N5O4S. The van der Waals surface area contributed by atoms with Crippen molar-refractivity contribution in [2.75, 3.05) is 36.9 Å².